The molecule has 2 heteroatoms. The summed E-state index contributed by atoms with van der Waals surface area (Å²) in [7, 11) is 0. The second-order valence-electron chi connectivity index (χ2n) is 5.38. The minimum absolute atomic E-state index is 0.102. The van der Waals surface area contributed by atoms with Crippen molar-refractivity contribution in [1.82, 2.24) is 0 Å². The summed E-state index contributed by atoms with van der Waals surface area (Å²) >= 11 is 0. The Morgan fingerprint density at radius 1 is 1.47 bits per heavy atom. The van der Waals surface area contributed by atoms with Crippen molar-refractivity contribution in [3.63, 3.8) is 0 Å². The number of carbonyl (C=O) groups excluding carboxylic acids is 1. The highest BCUT2D eigenvalue weighted by Crippen LogP contribution is 2.63. The molecule has 3 aliphatic rings. The maximum Gasteiger partial charge on any atom is 0.302 e. The molecule has 0 amide bonds. The maximum absolute atomic E-state index is 11.1. The van der Waals surface area contributed by atoms with Gasteiger partial charge in [0.05, 0.1) is 0 Å². The molecule has 0 aromatic carbocycles. The molecule has 0 aromatic heterocycles. The maximum atomic E-state index is 11.1. The van der Waals surface area contributed by atoms with E-state index < -0.39 is 0 Å². The summed E-state index contributed by atoms with van der Waals surface area (Å²) in [5.41, 5.74) is 0.324. The van der Waals surface area contributed by atoms with E-state index in [1.165, 1.54) is 26.2 Å². The Hall–Kier alpha value is -0.790. The van der Waals surface area contributed by atoms with Crippen LogP contribution in [0.1, 0.15) is 39.0 Å². The predicted molar refractivity (Wildman–Crippen MR) is 57.2 cm³/mol. The Labute approximate surface area is 90.7 Å². The monoisotopic (exact) mass is 206 g/mol. The Kier molecular flexibility index (Phi) is 1.95. The van der Waals surface area contributed by atoms with E-state index >= 15 is 0 Å². The summed E-state index contributed by atoms with van der Waals surface area (Å²) in [5.74, 6) is 1.52. The van der Waals surface area contributed by atoms with Crippen LogP contribution in [0.4, 0.5) is 0 Å². The summed E-state index contributed by atoms with van der Waals surface area (Å²) < 4.78 is 5.53. The van der Waals surface area contributed by atoms with E-state index in [9.17, 15) is 4.79 Å². The Morgan fingerprint density at radius 2 is 2.33 bits per heavy atom. The lowest BCUT2D eigenvalue weighted by atomic mass is 9.70. The first kappa shape index (κ1) is 9.44. The van der Waals surface area contributed by atoms with Crippen LogP contribution < -0.4 is 0 Å². The molecular formula is C13H18O2. The minimum atomic E-state index is -0.102. The highest BCUT2D eigenvalue weighted by atomic mass is 16.5. The van der Waals surface area contributed by atoms with Gasteiger partial charge in [-0.2, -0.15) is 0 Å². The average molecular weight is 206 g/mol. The number of ether oxygens (including phenoxy) is 1. The molecule has 0 unspecified atom stereocenters. The van der Waals surface area contributed by atoms with Crippen LogP contribution in [-0.2, 0) is 9.53 Å². The Bertz CT molecular complexity index is 320. The van der Waals surface area contributed by atoms with Crippen molar-refractivity contribution in [2.45, 2.75) is 45.1 Å². The fourth-order valence-electron chi connectivity index (χ4n) is 4.23. The number of hydrogen-bond donors (Lipinski definition) is 0. The molecule has 0 radical (unpaired) electrons. The van der Waals surface area contributed by atoms with Gasteiger partial charge in [-0.25, -0.2) is 0 Å². The third kappa shape index (κ3) is 1.20. The molecule has 0 aromatic rings. The van der Waals surface area contributed by atoms with E-state index in [0.29, 0.717) is 5.41 Å². The van der Waals surface area contributed by atoms with Gasteiger partial charge in [0.25, 0.3) is 0 Å². The van der Waals surface area contributed by atoms with Crippen LogP contribution in [0.25, 0.3) is 0 Å². The number of rotatable bonds is 1. The first-order valence-corrected chi connectivity index (χ1v) is 6.04. The molecule has 3 rings (SSSR count). The second-order valence-corrected chi connectivity index (χ2v) is 5.38. The van der Waals surface area contributed by atoms with Crippen LogP contribution in [0.2, 0.25) is 0 Å². The number of hydrogen-bond acceptors (Lipinski definition) is 2. The van der Waals surface area contributed by atoms with Gasteiger partial charge in [0, 0.05) is 12.3 Å². The lowest BCUT2D eigenvalue weighted by Gasteiger charge is -2.38. The van der Waals surface area contributed by atoms with E-state index in [1.54, 1.807) is 0 Å². The fraction of sp³-hybridized carbons (Fsp3) is 0.769. The Morgan fingerprint density at radius 3 is 3.13 bits per heavy atom. The van der Waals surface area contributed by atoms with Gasteiger partial charge in [-0.15, -0.1) is 0 Å². The first-order chi connectivity index (χ1) is 7.22. The van der Waals surface area contributed by atoms with Crippen LogP contribution in [0.5, 0.6) is 0 Å². The van der Waals surface area contributed by atoms with Crippen molar-refractivity contribution in [3.8, 4) is 0 Å². The van der Waals surface area contributed by atoms with E-state index in [4.69, 9.17) is 4.74 Å². The molecule has 0 aliphatic heterocycles. The van der Waals surface area contributed by atoms with E-state index in [0.717, 1.165) is 24.7 Å². The zero-order valence-electron chi connectivity index (χ0n) is 9.24. The Balaban J connectivity index is 1.88. The highest BCUT2D eigenvalue weighted by molar-refractivity contribution is 5.66. The van der Waals surface area contributed by atoms with E-state index in [1.807, 2.05) is 0 Å². The van der Waals surface area contributed by atoms with Crippen molar-refractivity contribution in [2.75, 3.05) is 0 Å². The van der Waals surface area contributed by atoms with Gasteiger partial charge in [0.1, 0.15) is 6.10 Å². The van der Waals surface area contributed by atoms with Gasteiger partial charge >= 0.3 is 5.97 Å². The number of esters is 1. The molecule has 2 saturated carbocycles. The van der Waals surface area contributed by atoms with Crippen molar-refractivity contribution in [2.24, 2.45) is 17.3 Å². The van der Waals surface area contributed by atoms with Gasteiger partial charge in [-0.1, -0.05) is 12.2 Å². The normalized spacial score (nSPS) is 46.6. The molecule has 2 fully saturated rings. The third-order valence-electron chi connectivity index (χ3n) is 4.81. The fourth-order valence-corrected chi connectivity index (χ4v) is 4.23. The lowest BCUT2D eigenvalue weighted by Crippen LogP contribution is -2.37. The standard InChI is InChI=1S/C13H18O2/c1-9(14)15-12-8-10-5-7-13(12)6-3-2-4-11(10)13/h2-3,10-12H,4-8H2,1H3/t10-,11+,12+,13-/m0/s1. The molecule has 15 heavy (non-hydrogen) atoms. The van der Waals surface area contributed by atoms with Gasteiger partial charge < -0.3 is 4.74 Å². The van der Waals surface area contributed by atoms with E-state index in [-0.39, 0.29) is 12.1 Å². The van der Waals surface area contributed by atoms with Crippen molar-refractivity contribution < 1.29 is 9.53 Å². The smallest absolute Gasteiger partial charge is 0.302 e. The molecule has 0 spiro atoms. The van der Waals surface area contributed by atoms with Crippen molar-refractivity contribution in [1.29, 1.82) is 0 Å². The summed E-state index contributed by atoms with van der Waals surface area (Å²) in [5, 5.41) is 0. The molecular weight excluding hydrogens is 188 g/mol. The van der Waals surface area contributed by atoms with Crippen LogP contribution in [0.3, 0.4) is 0 Å². The average Bonchev–Trinajstić information content (AvgIpc) is 2.70. The zero-order valence-corrected chi connectivity index (χ0v) is 9.24. The predicted octanol–water partition coefficient (Wildman–Crippen LogP) is 2.68. The van der Waals surface area contributed by atoms with Crippen molar-refractivity contribution >= 4 is 5.97 Å². The second kappa shape index (κ2) is 3.10. The lowest BCUT2D eigenvalue weighted by molar-refractivity contribution is -0.153. The summed E-state index contributed by atoms with van der Waals surface area (Å²) in [6, 6.07) is 0. The quantitative estimate of drug-likeness (QED) is 0.487. The molecule has 4 atom stereocenters. The minimum Gasteiger partial charge on any atom is -0.462 e. The number of allylic oxidation sites excluding steroid dienone is 2. The summed E-state index contributed by atoms with van der Waals surface area (Å²) in [6.07, 6.45) is 10.9. The zero-order chi connectivity index (χ0) is 10.5. The molecule has 0 saturated heterocycles. The molecule has 3 aliphatic carbocycles. The van der Waals surface area contributed by atoms with Crippen LogP contribution in [-0.4, -0.2) is 12.1 Å². The largest absolute Gasteiger partial charge is 0.462 e. The third-order valence-corrected chi connectivity index (χ3v) is 4.81. The van der Waals surface area contributed by atoms with Gasteiger partial charge in [-0.3, -0.25) is 4.79 Å². The van der Waals surface area contributed by atoms with Crippen LogP contribution >= 0.6 is 0 Å². The van der Waals surface area contributed by atoms with E-state index in [2.05, 4.69) is 12.2 Å². The topological polar surface area (TPSA) is 26.3 Å². The molecule has 2 bridgehead atoms. The summed E-state index contributed by atoms with van der Waals surface area (Å²) in [4.78, 5) is 11.1. The molecule has 82 valence electrons. The summed E-state index contributed by atoms with van der Waals surface area (Å²) in [6.45, 7) is 1.54. The van der Waals surface area contributed by atoms with Crippen LogP contribution in [0.15, 0.2) is 12.2 Å². The van der Waals surface area contributed by atoms with Gasteiger partial charge in [0.15, 0.2) is 0 Å². The first-order valence-electron chi connectivity index (χ1n) is 6.04. The highest BCUT2D eigenvalue weighted by Gasteiger charge is 2.60. The molecule has 2 nitrogen and oxygen atoms in total. The van der Waals surface area contributed by atoms with Crippen LogP contribution in [0, 0.1) is 17.3 Å². The van der Waals surface area contributed by atoms with Gasteiger partial charge in [0.2, 0.25) is 0 Å². The van der Waals surface area contributed by atoms with Crippen molar-refractivity contribution in [3.05, 3.63) is 12.2 Å². The SMILES string of the molecule is CC(=O)O[C@@H]1C[C@@H]2CC[C@]13CC=CC[C@H]23. The number of carbonyl (C=O) groups is 1. The van der Waals surface area contributed by atoms with Gasteiger partial charge in [-0.05, 0) is 43.9 Å². The molecule has 0 N–H and O–H groups in total. The molecule has 0 heterocycles.